The summed E-state index contributed by atoms with van der Waals surface area (Å²) in [5.74, 6) is -0.328. The van der Waals surface area contributed by atoms with Gasteiger partial charge in [-0.15, -0.1) is 0 Å². The molecule has 2 aromatic carbocycles. The van der Waals surface area contributed by atoms with Gasteiger partial charge in [-0.2, -0.15) is 0 Å². The lowest BCUT2D eigenvalue weighted by molar-refractivity contribution is -0.384. The van der Waals surface area contributed by atoms with E-state index >= 15 is 0 Å². The number of rotatable bonds is 5. The number of nitrogens with one attached hydrogen (secondary N) is 1. The van der Waals surface area contributed by atoms with E-state index in [9.17, 15) is 19.7 Å². The van der Waals surface area contributed by atoms with Crippen molar-refractivity contribution in [3.8, 4) is 0 Å². The minimum Gasteiger partial charge on any atom is -0.374 e. The predicted octanol–water partition coefficient (Wildman–Crippen LogP) is 5.56. The summed E-state index contributed by atoms with van der Waals surface area (Å²) in [5.41, 5.74) is 1.98. The first-order valence-corrected chi connectivity index (χ1v) is 13.8. The molecule has 2 aliphatic rings. The third-order valence-electron chi connectivity index (χ3n) is 7.35. The summed E-state index contributed by atoms with van der Waals surface area (Å²) >= 11 is 3.35. The van der Waals surface area contributed by atoms with Crippen LogP contribution >= 0.6 is 15.9 Å². The molecule has 2 saturated heterocycles. The lowest BCUT2D eigenvalue weighted by atomic mass is 10.0. The molecule has 2 aliphatic heterocycles. The van der Waals surface area contributed by atoms with Gasteiger partial charge >= 0.3 is 0 Å². The first kappa shape index (κ1) is 26.1. The van der Waals surface area contributed by atoms with E-state index in [1.54, 1.807) is 28.3 Å². The first-order valence-electron chi connectivity index (χ1n) is 13.0. The molecule has 1 atom stereocenters. The molecule has 3 heterocycles. The number of hydrogen-bond acceptors (Lipinski definition) is 6. The summed E-state index contributed by atoms with van der Waals surface area (Å²) in [6.45, 7) is 4.24. The molecule has 2 fully saturated rings. The zero-order chi connectivity index (χ0) is 26.8. The van der Waals surface area contributed by atoms with Crippen LogP contribution < -0.4 is 5.32 Å². The molecule has 5 rings (SSSR count). The molecule has 0 radical (unpaired) electrons. The first-order chi connectivity index (χ1) is 18.3. The number of amides is 2. The highest BCUT2D eigenvalue weighted by atomic mass is 79.9. The molecule has 0 spiro atoms. The summed E-state index contributed by atoms with van der Waals surface area (Å²) in [4.78, 5) is 46.4. The van der Waals surface area contributed by atoms with Crippen molar-refractivity contribution >= 4 is 49.9 Å². The second kappa shape index (κ2) is 11.1. The van der Waals surface area contributed by atoms with Crippen LogP contribution in [0.25, 0.3) is 10.8 Å². The molecule has 0 aliphatic carbocycles. The smallest absolute Gasteiger partial charge is 0.294 e. The number of nitrogens with zero attached hydrogens (tertiary/aromatic N) is 4. The molecule has 1 aromatic heterocycles. The van der Waals surface area contributed by atoms with E-state index in [1.807, 2.05) is 25.1 Å². The number of carbonyl (C=O) groups is 2. The van der Waals surface area contributed by atoms with Gasteiger partial charge in [0.1, 0.15) is 5.69 Å². The van der Waals surface area contributed by atoms with Crippen molar-refractivity contribution in [1.29, 1.82) is 0 Å². The van der Waals surface area contributed by atoms with Crippen LogP contribution in [-0.2, 0) is 0 Å². The molecule has 3 aromatic rings. The van der Waals surface area contributed by atoms with Gasteiger partial charge in [0.15, 0.2) is 0 Å². The molecule has 2 amide bonds. The van der Waals surface area contributed by atoms with E-state index in [1.165, 1.54) is 6.07 Å². The summed E-state index contributed by atoms with van der Waals surface area (Å²) in [6, 6.07) is 8.77. The number of benzene rings is 2. The second-order valence-electron chi connectivity index (χ2n) is 10.1. The quantitative estimate of drug-likeness (QED) is 0.313. The zero-order valence-electron chi connectivity index (χ0n) is 21.3. The fraction of sp³-hybridized carbons (Fsp3) is 0.393. The standard InChI is InChI=1S/C28H30BrN5O4/c1-18-7-8-22-19(12-18)15-30-16-24(22)28(36)33-11-5-6-21(17-33)31-26-23(13-20(29)14-25(26)34(37)38)27(35)32-9-3-2-4-10-32/h7-8,12-16,21,31H,2-6,9-11,17H2,1H3. The van der Waals surface area contributed by atoms with Gasteiger partial charge in [-0.05, 0) is 56.5 Å². The fourth-order valence-electron chi connectivity index (χ4n) is 5.44. The maximum Gasteiger partial charge on any atom is 0.294 e. The van der Waals surface area contributed by atoms with Gasteiger partial charge in [0.2, 0.25) is 0 Å². The Morgan fingerprint density at radius 3 is 2.50 bits per heavy atom. The number of nitro benzene ring substituents is 1. The summed E-state index contributed by atoms with van der Waals surface area (Å²) < 4.78 is 0.481. The van der Waals surface area contributed by atoms with Gasteiger partial charge in [0.05, 0.1) is 16.1 Å². The van der Waals surface area contributed by atoms with Gasteiger partial charge < -0.3 is 15.1 Å². The lowest BCUT2D eigenvalue weighted by Gasteiger charge is -2.34. The van der Waals surface area contributed by atoms with Gasteiger partial charge in [-0.25, -0.2) is 0 Å². The van der Waals surface area contributed by atoms with Crippen LogP contribution in [0.2, 0.25) is 0 Å². The number of fused-ring (bicyclic) bond motifs is 1. The van der Waals surface area contributed by atoms with Crippen molar-refractivity contribution in [2.75, 3.05) is 31.5 Å². The van der Waals surface area contributed by atoms with Crippen LogP contribution in [0, 0.1) is 17.0 Å². The summed E-state index contributed by atoms with van der Waals surface area (Å²) in [7, 11) is 0. The highest BCUT2D eigenvalue weighted by Crippen LogP contribution is 2.35. The van der Waals surface area contributed by atoms with E-state index < -0.39 is 4.92 Å². The molecule has 0 saturated carbocycles. The Kier molecular flexibility index (Phi) is 7.60. The van der Waals surface area contributed by atoms with Crippen molar-refractivity contribution < 1.29 is 14.5 Å². The number of carbonyl (C=O) groups excluding carboxylic acids is 2. The number of nitro groups is 1. The van der Waals surface area contributed by atoms with Crippen LogP contribution in [0.5, 0.6) is 0 Å². The largest absolute Gasteiger partial charge is 0.374 e. The second-order valence-corrected chi connectivity index (χ2v) is 11.0. The van der Waals surface area contributed by atoms with Crippen molar-refractivity contribution in [3.63, 3.8) is 0 Å². The molecular weight excluding hydrogens is 550 g/mol. The Balaban J connectivity index is 1.42. The molecule has 198 valence electrons. The number of aromatic nitrogens is 1. The maximum absolute atomic E-state index is 13.6. The topological polar surface area (TPSA) is 109 Å². The van der Waals surface area contributed by atoms with Crippen LogP contribution in [0.3, 0.4) is 0 Å². The average Bonchev–Trinajstić information content (AvgIpc) is 2.93. The van der Waals surface area contributed by atoms with Gasteiger partial charge in [-0.3, -0.25) is 24.7 Å². The number of pyridine rings is 1. The number of anilines is 1. The highest BCUT2D eigenvalue weighted by molar-refractivity contribution is 9.10. The summed E-state index contributed by atoms with van der Waals surface area (Å²) in [5, 5.41) is 17.1. The Hall–Kier alpha value is -3.53. The molecule has 1 N–H and O–H groups in total. The van der Waals surface area contributed by atoms with Gasteiger partial charge in [0.25, 0.3) is 17.5 Å². The van der Waals surface area contributed by atoms with Gasteiger partial charge in [0, 0.05) is 60.5 Å². The number of piperidine rings is 2. The van der Waals surface area contributed by atoms with E-state index in [4.69, 9.17) is 0 Å². The monoisotopic (exact) mass is 579 g/mol. The predicted molar refractivity (Wildman–Crippen MR) is 150 cm³/mol. The van der Waals surface area contributed by atoms with Crippen molar-refractivity contribution in [1.82, 2.24) is 14.8 Å². The molecule has 9 nitrogen and oxygen atoms in total. The van der Waals surface area contributed by atoms with Crippen molar-refractivity contribution in [2.45, 2.75) is 45.1 Å². The number of hydrogen-bond donors (Lipinski definition) is 1. The SMILES string of the molecule is Cc1ccc2c(C(=O)N3CCCC(Nc4c(C(=O)N5CCCCC5)cc(Br)cc4[N+](=O)[O-])C3)cncc2c1. The minimum absolute atomic E-state index is 0.117. The summed E-state index contributed by atoms with van der Waals surface area (Å²) in [6.07, 6.45) is 7.74. The van der Waals surface area contributed by atoms with Crippen molar-refractivity contribution in [3.05, 3.63) is 74.0 Å². The molecule has 1 unspecified atom stereocenters. The Morgan fingerprint density at radius 2 is 1.74 bits per heavy atom. The molecular formula is C28H30BrN5O4. The fourth-order valence-corrected chi connectivity index (χ4v) is 5.89. The average molecular weight is 580 g/mol. The lowest BCUT2D eigenvalue weighted by Crippen LogP contribution is -2.45. The number of halogens is 1. The Morgan fingerprint density at radius 1 is 1.00 bits per heavy atom. The third-order valence-corrected chi connectivity index (χ3v) is 7.81. The molecule has 38 heavy (non-hydrogen) atoms. The number of aryl methyl sites for hydroxylation is 1. The van der Waals surface area contributed by atoms with Crippen LogP contribution in [0.15, 0.2) is 47.2 Å². The number of likely N-dealkylation sites (tertiary alicyclic amines) is 2. The van der Waals surface area contributed by atoms with E-state index in [0.29, 0.717) is 36.2 Å². The van der Waals surface area contributed by atoms with Crippen molar-refractivity contribution in [2.24, 2.45) is 0 Å². The van der Waals surface area contributed by atoms with E-state index in [0.717, 1.165) is 48.4 Å². The zero-order valence-corrected chi connectivity index (χ0v) is 22.9. The van der Waals surface area contributed by atoms with Crippen LogP contribution in [0.1, 0.15) is 58.4 Å². The normalized spacial score (nSPS) is 17.9. The molecule has 10 heteroatoms. The Bertz CT molecular complexity index is 1410. The minimum atomic E-state index is -0.463. The van der Waals surface area contributed by atoms with E-state index in [2.05, 4.69) is 26.2 Å². The Labute approximate surface area is 229 Å². The highest BCUT2D eigenvalue weighted by Gasteiger charge is 2.31. The third kappa shape index (κ3) is 5.36. The maximum atomic E-state index is 13.6. The molecule has 0 bridgehead atoms. The van der Waals surface area contributed by atoms with Crippen LogP contribution in [-0.4, -0.2) is 63.7 Å². The van der Waals surface area contributed by atoms with Gasteiger partial charge in [-0.1, -0.05) is 33.6 Å². The van der Waals surface area contributed by atoms with Crippen LogP contribution in [0.4, 0.5) is 11.4 Å². The van der Waals surface area contributed by atoms with E-state index in [-0.39, 0.29) is 34.8 Å².